The molecular formula is C10H14ClN3O2S. The number of hydrogen-bond acceptors (Lipinski definition) is 5. The molecular weight excluding hydrogens is 262 g/mol. The first-order valence-corrected chi connectivity index (χ1v) is 6.66. The number of aromatic nitrogens is 2. The molecule has 1 N–H and O–H groups in total. The van der Waals surface area contributed by atoms with Crippen molar-refractivity contribution in [3.8, 4) is 0 Å². The lowest BCUT2D eigenvalue weighted by molar-refractivity contribution is -0.145. The van der Waals surface area contributed by atoms with Crippen molar-refractivity contribution in [3.05, 3.63) is 10.0 Å². The highest BCUT2D eigenvalue weighted by Gasteiger charge is 2.32. The van der Waals surface area contributed by atoms with E-state index in [-0.39, 0.29) is 0 Å². The number of rotatable bonds is 3. The monoisotopic (exact) mass is 275 g/mol. The normalized spacial score (nSPS) is 26.0. The molecule has 0 amide bonds. The molecule has 7 heteroatoms. The Morgan fingerprint density at radius 3 is 3.06 bits per heavy atom. The Morgan fingerprint density at radius 2 is 2.47 bits per heavy atom. The van der Waals surface area contributed by atoms with Gasteiger partial charge in [0.05, 0.1) is 0 Å². The standard InChI is InChI=1S/C10H14ClN3O2S/c1-6-2-3-14(8(4-6)10(15)16)5-7-9(11)17-13-12-7/h6,8H,2-5H2,1H3,(H,15,16). The highest BCUT2D eigenvalue weighted by Crippen LogP contribution is 2.26. The third-order valence-corrected chi connectivity index (χ3v) is 4.11. The van der Waals surface area contributed by atoms with Gasteiger partial charge in [0.2, 0.25) is 0 Å². The van der Waals surface area contributed by atoms with E-state index in [2.05, 4.69) is 16.5 Å². The van der Waals surface area contributed by atoms with E-state index < -0.39 is 12.0 Å². The van der Waals surface area contributed by atoms with Gasteiger partial charge in [-0.1, -0.05) is 23.0 Å². The van der Waals surface area contributed by atoms with E-state index in [1.54, 1.807) is 0 Å². The largest absolute Gasteiger partial charge is 0.480 e. The molecule has 1 fully saturated rings. The second kappa shape index (κ2) is 5.29. The Kier molecular flexibility index (Phi) is 3.96. The van der Waals surface area contributed by atoms with Gasteiger partial charge in [-0.05, 0) is 25.3 Å². The molecule has 1 aliphatic heterocycles. The third kappa shape index (κ3) is 2.94. The smallest absolute Gasteiger partial charge is 0.320 e. The first kappa shape index (κ1) is 12.7. The molecule has 1 aliphatic rings. The molecule has 2 rings (SSSR count). The minimum Gasteiger partial charge on any atom is -0.480 e. The van der Waals surface area contributed by atoms with Crippen LogP contribution < -0.4 is 0 Å². The van der Waals surface area contributed by atoms with Crippen molar-refractivity contribution in [1.29, 1.82) is 0 Å². The molecule has 94 valence electrons. The van der Waals surface area contributed by atoms with Crippen molar-refractivity contribution in [2.24, 2.45) is 5.92 Å². The summed E-state index contributed by atoms with van der Waals surface area (Å²) < 4.78 is 4.31. The van der Waals surface area contributed by atoms with Gasteiger partial charge in [0.1, 0.15) is 16.1 Å². The maximum Gasteiger partial charge on any atom is 0.320 e. The zero-order chi connectivity index (χ0) is 12.4. The zero-order valence-corrected chi connectivity index (χ0v) is 11.0. The molecule has 1 aromatic rings. The molecule has 1 aromatic heterocycles. The Balaban J connectivity index is 2.08. The fourth-order valence-corrected chi connectivity index (χ4v) is 2.73. The van der Waals surface area contributed by atoms with E-state index in [1.807, 2.05) is 4.90 Å². The van der Waals surface area contributed by atoms with Gasteiger partial charge in [-0.2, -0.15) is 0 Å². The predicted molar refractivity (Wildman–Crippen MR) is 65.2 cm³/mol. The van der Waals surface area contributed by atoms with Gasteiger partial charge in [-0.3, -0.25) is 9.69 Å². The van der Waals surface area contributed by atoms with Crippen LogP contribution in [0.3, 0.4) is 0 Å². The molecule has 0 spiro atoms. The summed E-state index contributed by atoms with van der Waals surface area (Å²) in [4.78, 5) is 13.1. The lowest BCUT2D eigenvalue weighted by Crippen LogP contribution is -2.46. The topological polar surface area (TPSA) is 66.3 Å². The Labute approximate surface area is 109 Å². The van der Waals surface area contributed by atoms with Crippen LogP contribution in [0.4, 0.5) is 0 Å². The number of nitrogens with zero attached hydrogens (tertiary/aromatic N) is 3. The number of carbonyl (C=O) groups is 1. The fraction of sp³-hybridized carbons (Fsp3) is 0.700. The Hall–Kier alpha value is -0.720. The molecule has 0 aliphatic carbocycles. The summed E-state index contributed by atoms with van der Waals surface area (Å²) >= 11 is 7.07. The number of piperidine rings is 1. The van der Waals surface area contributed by atoms with Crippen LogP contribution in [0.1, 0.15) is 25.5 Å². The molecule has 2 unspecified atom stereocenters. The summed E-state index contributed by atoms with van der Waals surface area (Å²) in [5.74, 6) is -0.313. The summed E-state index contributed by atoms with van der Waals surface area (Å²) in [7, 11) is 0. The van der Waals surface area contributed by atoms with Crippen molar-refractivity contribution in [3.63, 3.8) is 0 Å². The average molecular weight is 276 g/mol. The number of carboxylic acids is 1. The molecule has 1 saturated heterocycles. The van der Waals surface area contributed by atoms with Crippen LogP contribution in [0.15, 0.2) is 0 Å². The SMILES string of the molecule is CC1CCN(Cc2nnsc2Cl)C(C(=O)O)C1. The highest BCUT2D eigenvalue weighted by molar-refractivity contribution is 7.10. The first-order valence-electron chi connectivity index (χ1n) is 5.51. The van der Waals surface area contributed by atoms with Gasteiger partial charge in [-0.15, -0.1) is 5.10 Å². The van der Waals surface area contributed by atoms with Crippen molar-refractivity contribution in [2.45, 2.75) is 32.4 Å². The Bertz CT molecular complexity index is 412. The molecule has 0 bridgehead atoms. The number of likely N-dealkylation sites (tertiary alicyclic amines) is 1. The summed E-state index contributed by atoms with van der Waals surface area (Å²) in [5.41, 5.74) is 0.678. The second-order valence-corrected chi connectivity index (χ2v) is 5.80. The molecule has 5 nitrogen and oxygen atoms in total. The molecule has 0 radical (unpaired) electrons. The van der Waals surface area contributed by atoms with Gasteiger partial charge in [-0.25, -0.2) is 0 Å². The van der Waals surface area contributed by atoms with Gasteiger partial charge in [0.25, 0.3) is 0 Å². The quantitative estimate of drug-likeness (QED) is 0.912. The van der Waals surface area contributed by atoms with Gasteiger partial charge < -0.3 is 5.11 Å². The number of hydrogen-bond donors (Lipinski definition) is 1. The Morgan fingerprint density at radius 1 is 1.71 bits per heavy atom. The lowest BCUT2D eigenvalue weighted by Gasteiger charge is -2.35. The van der Waals surface area contributed by atoms with Crippen molar-refractivity contribution in [1.82, 2.24) is 14.5 Å². The first-order chi connectivity index (χ1) is 8.08. The van der Waals surface area contributed by atoms with Crippen molar-refractivity contribution in [2.75, 3.05) is 6.54 Å². The highest BCUT2D eigenvalue weighted by atomic mass is 35.5. The number of carboxylic acid groups (broad SMARTS) is 1. The molecule has 0 aromatic carbocycles. The van der Waals surface area contributed by atoms with Crippen LogP contribution in [-0.4, -0.2) is 38.1 Å². The minimum atomic E-state index is -0.768. The lowest BCUT2D eigenvalue weighted by atomic mass is 9.92. The van der Waals surface area contributed by atoms with Crippen LogP contribution in [0.2, 0.25) is 4.34 Å². The van der Waals surface area contributed by atoms with E-state index in [0.717, 1.165) is 24.5 Å². The second-order valence-electron chi connectivity index (χ2n) is 4.45. The number of halogens is 1. The number of aliphatic carboxylic acids is 1. The van der Waals surface area contributed by atoms with E-state index in [1.165, 1.54) is 0 Å². The van der Waals surface area contributed by atoms with Gasteiger partial charge in [0.15, 0.2) is 0 Å². The molecule has 2 heterocycles. The minimum absolute atomic E-state index is 0.434. The fourth-order valence-electron chi connectivity index (χ4n) is 2.12. The maximum absolute atomic E-state index is 11.2. The summed E-state index contributed by atoms with van der Waals surface area (Å²) in [6, 6.07) is -0.434. The van der Waals surface area contributed by atoms with E-state index in [0.29, 0.717) is 28.9 Å². The van der Waals surface area contributed by atoms with Crippen molar-refractivity contribution < 1.29 is 9.90 Å². The van der Waals surface area contributed by atoms with Gasteiger partial charge in [0, 0.05) is 18.1 Å². The maximum atomic E-state index is 11.2. The summed E-state index contributed by atoms with van der Waals surface area (Å²) in [6.07, 6.45) is 1.70. The third-order valence-electron chi connectivity index (χ3n) is 3.12. The van der Waals surface area contributed by atoms with Gasteiger partial charge >= 0.3 is 5.97 Å². The van der Waals surface area contributed by atoms with Crippen LogP contribution in [0.5, 0.6) is 0 Å². The molecule has 2 atom stereocenters. The van der Waals surface area contributed by atoms with Crippen LogP contribution in [0.25, 0.3) is 0 Å². The molecule has 17 heavy (non-hydrogen) atoms. The van der Waals surface area contributed by atoms with Crippen molar-refractivity contribution >= 4 is 29.1 Å². The van der Waals surface area contributed by atoms with E-state index in [9.17, 15) is 9.90 Å². The zero-order valence-electron chi connectivity index (χ0n) is 9.47. The van der Waals surface area contributed by atoms with E-state index >= 15 is 0 Å². The average Bonchev–Trinajstić information content (AvgIpc) is 2.67. The van der Waals surface area contributed by atoms with E-state index in [4.69, 9.17) is 11.6 Å². The predicted octanol–water partition coefficient (Wildman–Crippen LogP) is 1.88. The summed E-state index contributed by atoms with van der Waals surface area (Å²) in [6.45, 7) is 3.33. The van der Waals surface area contributed by atoms with Crippen LogP contribution in [-0.2, 0) is 11.3 Å². The summed E-state index contributed by atoms with van der Waals surface area (Å²) in [5, 5.41) is 13.1. The molecule has 0 saturated carbocycles. The van der Waals surface area contributed by atoms with Crippen LogP contribution in [0, 0.1) is 5.92 Å². The van der Waals surface area contributed by atoms with Crippen LogP contribution >= 0.6 is 23.1 Å².